The lowest BCUT2D eigenvalue weighted by Crippen LogP contribution is -3.00. The Balaban J connectivity index is 0.00000193. The summed E-state index contributed by atoms with van der Waals surface area (Å²) in [7, 11) is 0. The SMILES string of the molecule is C=CC[N+]1(CC2CCC2)CC[C@]23c4c5ccc(O)c4O[C@H]2C(=O)CC[C@@]3(O)[C@H]1C5.[I-]. The Morgan fingerprint density at radius 3 is 2.80 bits per heavy atom. The average molecular weight is 523 g/mol. The van der Waals surface area contributed by atoms with Gasteiger partial charge in [-0.25, -0.2) is 0 Å². The molecule has 6 rings (SSSR count). The van der Waals surface area contributed by atoms with Gasteiger partial charge >= 0.3 is 0 Å². The van der Waals surface area contributed by atoms with Crippen LogP contribution in [0.2, 0.25) is 0 Å². The first-order chi connectivity index (χ1) is 14.0. The number of benzene rings is 1. The Kier molecular flexibility index (Phi) is 4.63. The van der Waals surface area contributed by atoms with Crippen molar-refractivity contribution >= 4 is 5.78 Å². The monoisotopic (exact) mass is 523 g/mol. The molecular weight excluding hydrogens is 493 g/mol. The molecule has 5 atom stereocenters. The molecule has 2 saturated carbocycles. The van der Waals surface area contributed by atoms with E-state index >= 15 is 0 Å². The number of hydrogen-bond donors (Lipinski definition) is 2. The molecule has 0 aromatic heterocycles. The fraction of sp³-hybridized carbons (Fsp3) is 0.625. The van der Waals surface area contributed by atoms with Crippen molar-refractivity contribution in [3.05, 3.63) is 35.9 Å². The van der Waals surface area contributed by atoms with Crippen LogP contribution in [0.4, 0.5) is 0 Å². The van der Waals surface area contributed by atoms with Gasteiger partial charge in [0.05, 0.1) is 25.0 Å². The van der Waals surface area contributed by atoms with E-state index in [1.54, 1.807) is 6.07 Å². The number of rotatable bonds is 4. The fourth-order valence-corrected chi connectivity index (χ4v) is 7.67. The van der Waals surface area contributed by atoms with Crippen LogP contribution in [0.15, 0.2) is 24.8 Å². The van der Waals surface area contributed by atoms with Gasteiger partial charge < -0.3 is 43.4 Å². The van der Waals surface area contributed by atoms with E-state index in [4.69, 9.17) is 4.74 Å². The van der Waals surface area contributed by atoms with Crippen LogP contribution in [0.5, 0.6) is 11.5 Å². The molecule has 2 bridgehead atoms. The number of quaternary nitrogens is 1. The molecule has 3 fully saturated rings. The molecule has 1 unspecified atom stereocenters. The van der Waals surface area contributed by atoms with Crippen LogP contribution in [0.25, 0.3) is 0 Å². The van der Waals surface area contributed by atoms with Crippen molar-refractivity contribution in [2.24, 2.45) is 5.92 Å². The first-order valence-electron chi connectivity index (χ1n) is 11.2. The molecule has 1 saturated heterocycles. The number of ketones is 1. The zero-order valence-electron chi connectivity index (χ0n) is 17.3. The van der Waals surface area contributed by atoms with E-state index < -0.39 is 17.1 Å². The van der Waals surface area contributed by atoms with Crippen molar-refractivity contribution in [1.29, 1.82) is 0 Å². The summed E-state index contributed by atoms with van der Waals surface area (Å²) >= 11 is 0. The number of carbonyl (C=O) groups excluding carboxylic acids is 1. The molecular formula is C24H30INO4. The molecule has 3 aliphatic carbocycles. The van der Waals surface area contributed by atoms with E-state index in [-0.39, 0.29) is 41.6 Å². The summed E-state index contributed by atoms with van der Waals surface area (Å²) in [6, 6.07) is 3.72. The molecule has 0 amide bonds. The highest BCUT2D eigenvalue weighted by Gasteiger charge is 2.76. The van der Waals surface area contributed by atoms with E-state index in [2.05, 4.69) is 6.58 Å². The molecule has 1 spiro atoms. The quantitative estimate of drug-likeness (QED) is 0.321. The van der Waals surface area contributed by atoms with Gasteiger partial charge in [0, 0.05) is 30.7 Å². The molecule has 1 aromatic carbocycles. The lowest BCUT2D eigenvalue weighted by molar-refractivity contribution is -0.964. The van der Waals surface area contributed by atoms with Crippen LogP contribution in [0, 0.1) is 5.92 Å². The van der Waals surface area contributed by atoms with Crippen LogP contribution in [0.3, 0.4) is 0 Å². The summed E-state index contributed by atoms with van der Waals surface area (Å²) in [6.45, 7) is 6.95. The van der Waals surface area contributed by atoms with E-state index in [1.165, 1.54) is 19.3 Å². The number of hydrogen-bond acceptors (Lipinski definition) is 4. The van der Waals surface area contributed by atoms with Gasteiger partial charge in [0.25, 0.3) is 0 Å². The summed E-state index contributed by atoms with van der Waals surface area (Å²) in [5.74, 6) is 1.33. The van der Waals surface area contributed by atoms with Crippen LogP contribution in [-0.2, 0) is 16.6 Å². The van der Waals surface area contributed by atoms with Gasteiger partial charge in [-0.15, -0.1) is 0 Å². The van der Waals surface area contributed by atoms with Crippen molar-refractivity contribution < 1.29 is 48.2 Å². The van der Waals surface area contributed by atoms with Crippen LogP contribution in [-0.4, -0.2) is 57.9 Å². The van der Waals surface area contributed by atoms with Crippen LogP contribution < -0.4 is 28.7 Å². The van der Waals surface area contributed by atoms with Gasteiger partial charge in [0.2, 0.25) is 0 Å². The molecule has 2 aliphatic heterocycles. The zero-order chi connectivity index (χ0) is 20.0. The predicted molar refractivity (Wildman–Crippen MR) is 108 cm³/mol. The third kappa shape index (κ3) is 2.28. The number of carbonyl (C=O) groups is 1. The van der Waals surface area contributed by atoms with Crippen LogP contribution in [0.1, 0.15) is 49.7 Å². The van der Waals surface area contributed by atoms with E-state index in [0.29, 0.717) is 18.6 Å². The Labute approximate surface area is 194 Å². The highest BCUT2D eigenvalue weighted by atomic mass is 127. The second-order valence-corrected chi connectivity index (χ2v) is 10.2. The first-order valence-corrected chi connectivity index (χ1v) is 11.2. The second kappa shape index (κ2) is 6.69. The number of aliphatic hydroxyl groups is 1. The fourth-order valence-electron chi connectivity index (χ4n) is 7.67. The largest absolute Gasteiger partial charge is 1.00 e. The molecule has 2 heterocycles. The molecule has 6 heteroatoms. The predicted octanol–water partition coefficient (Wildman–Crippen LogP) is -0.380. The number of Topliss-reactive ketones (excluding diaryl/α,β-unsaturated/α-hetero) is 1. The highest BCUT2D eigenvalue weighted by Crippen LogP contribution is 2.66. The minimum Gasteiger partial charge on any atom is -1.00 e. The molecule has 5 aliphatic rings. The van der Waals surface area contributed by atoms with E-state index in [1.807, 2.05) is 12.1 Å². The minimum atomic E-state index is -0.984. The first kappa shape index (κ1) is 20.8. The Bertz CT molecular complexity index is 930. The summed E-state index contributed by atoms with van der Waals surface area (Å²) in [5, 5.41) is 22.9. The van der Waals surface area contributed by atoms with Gasteiger partial charge in [-0.2, -0.15) is 0 Å². The molecule has 30 heavy (non-hydrogen) atoms. The van der Waals surface area contributed by atoms with Gasteiger partial charge in [-0.1, -0.05) is 19.1 Å². The number of halogens is 1. The van der Waals surface area contributed by atoms with Gasteiger partial charge in [-0.05, 0) is 37.0 Å². The van der Waals surface area contributed by atoms with Crippen molar-refractivity contribution in [3.8, 4) is 11.5 Å². The normalized spacial score (nSPS) is 40.6. The van der Waals surface area contributed by atoms with Gasteiger partial charge in [0.1, 0.15) is 11.6 Å². The number of piperidine rings is 1. The molecule has 1 aromatic rings. The highest BCUT2D eigenvalue weighted by molar-refractivity contribution is 5.90. The van der Waals surface area contributed by atoms with Gasteiger partial charge in [-0.3, -0.25) is 4.79 Å². The van der Waals surface area contributed by atoms with E-state index in [0.717, 1.165) is 54.0 Å². The third-order valence-corrected chi connectivity index (χ3v) is 9.09. The average Bonchev–Trinajstić information content (AvgIpc) is 3.03. The molecule has 5 nitrogen and oxygen atoms in total. The van der Waals surface area contributed by atoms with Crippen LogP contribution >= 0.6 is 0 Å². The third-order valence-electron chi connectivity index (χ3n) is 9.09. The maximum absolute atomic E-state index is 13.0. The number of nitrogens with zero attached hydrogens (tertiary/aromatic N) is 1. The number of phenols is 1. The van der Waals surface area contributed by atoms with Crippen molar-refractivity contribution in [2.75, 3.05) is 19.6 Å². The molecule has 2 N–H and O–H groups in total. The Morgan fingerprint density at radius 2 is 2.10 bits per heavy atom. The smallest absolute Gasteiger partial charge is 0.174 e. The van der Waals surface area contributed by atoms with Crippen molar-refractivity contribution in [2.45, 2.75) is 68.1 Å². The summed E-state index contributed by atoms with van der Waals surface area (Å²) < 4.78 is 7.02. The minimum absolute atomic E-state index is 0. The number of likely N-dealkylation sites (tertiary alicyclic amines) is 1. The zero-order valence-corrected chi connectivity index (χ0v) is 19.4. The lowest BCUT2D eigenvalue weighted by atomic mass is 9.48. The molecule has 0 radical (unpaired) electrons. The topological polar surface area (TPSA) is 66.8 Å². The number of aromatic hydroxyl groups is 1. The maximum Gasteiger partial charge on any atom is 0.174 e. The maximum atomic E-state index is 13.0. The number of phenolic OH excluding ortho intramolecular Hbond substituents is 1. The summed E-state index contributed by atoms with van der Waals surface area (Å²) in [6.07, 6.45) is 7.57. The van der Waals surface area contributed by atoms with Crippen molar-refractivity contribution in [1.82, 2.24) is 0 Å². The van der Waals surface area contributed by atoms with E-state index in [9.17, 15) is 15.0 Å². The lowest BCUT2D eigenvalue weighted by Gasteiger charge is -2.65. The van der Waals surface area contributed by atoms with Crippen molar-refractivity contribution in [3.63, 3.8) is 0 Å². The standard InChI is InChI=1S/C24H29NO4.HI/c1-2-11-25(14-15-4-3-5-15)12-10-23-20-16-6-7-17(26)21(20)29-22(23)18(27)8-9-24(23,28)19(25)13-16;/h2,6-7,15,19,22,28H,1,3-5,8-14H2;1H/t19-,22+,23+,24-,25?;/m1./s1. The number of ether oxygens (including phenoxy) is 1. The Hall–Kier alpha value is -1.12. The molecule has 162 valence electrons. The Morgan fingerprint density at radius 1 is 1.30 bits per heavy atom. The summed E-state index contributed by atoms with van der Waals surface area (Å²) in [5.41, 5.74) is 0.374. The van der Waals surface area contributed by atoms with Gasteiger partial charge in [0.15, 0.2) is 23.4 Å². The summed E-state index contributed by atoms with van der Waals surface area (Å²) in [4.78, 5) is 13.0. The second-order valence-electron chi connectivity index (χ2n) is 10.2.